The van der Waals surface area contributed by atoms with E-state index >= 15 is 0 Å². The Morgan fingerprint density at radius 2 is 1.93 bits per heavy atom. The smallest absolute Gasteiger partial charge is 0.253 e. The molecular formula is C20H26FN3O4. The van der Waals surface area contributed by atoms with Crippen LogP contribution >= 0.6 is 0 Å². The summed E-state index contributed by atoms with van der Waals surface area (Å²) in [4.78, 5) is 31.1. The first-order chi connectivity index (χ1) is 13.5. The molecule has 0 unspecified atom stereocenters. The summed E-state index contributed by atoms with van der Waals surface area (Å²) in [6.07, 6.45) is 0.650. The molecule has 1 aromatic rings. The lowest BCUT2D eigenvalue weighted by atomic mass is 9.85. The molecule has 0 saturated carbocycles. The Hall–Kier alpha value is -2.03. The van der Waals surface area contributed by atoms with E-state index in [1.54, 1.807) is 17.0 Å². The summed E-state index contributed by atoms with van der Waals surface area (Å²) in [6.45, 7) is 6.15. The second-order valence-corrected chi connectivity index (χ2v) is 7.84. The minimum absolute atomic E-state index is 0.00784. The van der Waals surface area contributed by atoms with Crippen LogP contribution in [0.2, 0.25) is 0 Å². The minimum Gasteiger partial charge on any atom is -0.379 e. The predicted molar refractivity (Wildman–Crippen MR) is 100 cm³/mol. The zero-order valence-electron chi connectivity index (χ0n) is 16.1. The molecule has 2 amide bonds. The number of carbonyl (C=O) groups is 2. The van der Waals surface area contributed by atoms with Gasteiger partial charge >= 0.3 is 0 Å². The molecule has 0 aliphatic carbocycles. The van der Waals surface area contributed by atoms with Gasteiger partial charge in [-0.3, -0.25) is 14.5 Å². The van der Waals surface area contributed by atoms with Crippen LogP contribution in [-0.2, 0) is 19.1 Å². The molecule has 0 N–H and O–H groups in total. The average molecular weight is 391 g/mol. The van der Waals surface area contributed by atoms with Crippen LogP contribution in [0.15, 0.2) is 24.3 Å². The van der Waals surface area contributed by atoms with Gasteiger partial charge < -0.3 is 19.3 Å². The quantitative estimate of drug-likeness (QED) is 0.766. The molecule has 3 saturated heterocycles. The van der Waals surface area contributed by atoms with Gasteiger partial charge in [-0.25, -0.2) is 4.39 Å². The maximum absolute atomic E-state index is 13.4. The zero-order chi connectivity index (χ0) is 19.7. The molecule has 2 atom stereocenters. The molecule has 0 spiro atoms. The molecule has 7 nitrogen and oxygen atoms in total. The maximum atomic E-state index is 13.4. The third-order valence-corrected chi connectivity index (χ3v) is 6.00. The van der Waals surface area contributed by atoms with Gasteiger partial charge in [0.2, 0.25) is 5.91 Å². The van der Waals surface area contributed by atoms with Gasteiger partial charge in [0.1, 0.15) is 12.4 Å². The largest absolute Gasteiger partial charge is 0.379 e. The normalized spacial score (nSPS) is 28.9. The topological polar surface area (TPSA) is 62.3 Å². The molecule has 1 aromatic carbocycles. The molecule has 3 fully saturated rings. The van der Waals surface area contributed by atoms with Gasteiger partial charge in [0.25, 0.3) is 5.91 Å². The third kappa shape index (κ3) is 3.76. The van der Waals surface area contributed by atoms with Crippen molar-refractivity contribution in [3.63, 3.8) is 0 Å². The molecule has 3 aliphatic rings. The summed E-state index contributed by atoms with van der Waals surface area (Å²) >= 11 is 0. The summed E-state index contributed by atoms with van der Waals surface area (Å²) in [7, 11) is 0. The maximum Gasteiger partial charge on any atom is 0.253 e. The zero-order valence-corrected chi connectivity index (χ0v) is 16.1. The molecule has 28 heavy (non-hydrogen) atoms. The molecule has 4 rings (SSSR count). The standard InChI is InChI=1S/C20H26FN3O4/c1-20-6-7-23(18(25)13-22-8-10-27-11-9-22)12-17(20)24(19(26)14-28-20)16-4-2-15(21)3-5-16/h2-5,17H,6-14H2,1H3/t17-,20-/m1/s1. The number of carbonyl (C=O) groups excluding carboxylic acids is 2. The second-order valence-electron chi connectivity index (χ2n) is 7.84. The van der Waals surface area contributed by atoms with E-state index in [1.807, 2.05) is 11.8 Å². The number of halogens is 1. The monoisotopic (exact) mass is 391 g/mol. The molecule has 0 bridgehead atoms. The first-order valence-electron chi connectivity index (χ1n) is 9.76. The number of ether oxygens (including phenoxy) is 2. The number of hydrogen-bond donors (Lipinski definition) is 0. The van der Waals surface area contributed by atoms with Gasteiger partial charge in [0.05, 0.1) is 31.4 Å². The number of benzene rings is 1. The van der Waals surface area contributed by atoms with Crippen molar-refractivity contribution in [3.05, 3.63) is 30.1 Å². The van der Waals surface area contributed by atoms with Gasteiger partial charge in [-0.05, 0) is 37.6 Å². The van der Waals surface area contributed by atoms with Crippen molar-refractivity contribution in [2.24, 2.45) is 0 Å². The van der Waals surface area contributed by atoms with Crippen molar-refractivity contribution < 1.29 is 23.5 Å². The van der Waals surface area contributed by atoms with Crippen LogP contribution in [0.1, 0.15) is 13.3 Å². The highest BCUT2D eigenvalue weighted by atomic mass is 19.1. The summed E-state index contributed by atoms with van der Waals surface area (Å²) < 4.78 is 24.6. The van der Waals surface area contributed by atoms with Gasteiger partial charge in [0.15, 0.2) is 0 Å². The van der Waals surface area contributed by atoms with E-state index in [0.29, 0.717) is 45.0 Å². The minimum atomic E-state index is -0.530. The van der Waals surface area contributed by atoms with E-state index in [4.69, 9.17) is 9.47 Å². The van der Waals surface area contributed by atoms with E-state index in [0.717, 1.165) is 13.1 Å². The Labute approximate surface area is 164 Å². The highest BCUT2D eigenvalue weighted by molar-refractivity contribution is 5.96. The summed E-state index contributed by atoms with van der Waals surface area (Å²) in [6, 6.07) is 5.60. The number of piperidine rings is 1. The van der Waals surface area contributed by atoms with Gasteiger partial charge in [-0.2, -0.15) is 0 Å². The lowest BCUT2D eigenvalue weighted by Crippen LogP contribution is -2.68. The summed E-state index contributed by atoms with van der Waals surface area (Å²) in [5.41, 5.74) is 0.103. The first-order valence-corrected chi connectivity index (χ1v) is 9.76. The van der Waals surface area contributed by atoms with E-state index in [-0.39, 0.29) is 30.3 Å². The van der Waals surface area contributed by atoms with E-state index in [2.05, 4.69) is 4.90 Å². The van der Waals surface area contributed by atoms with Crippen LogP contribution in [0.4, 0.5) is 10.1 Å². The van der Waals surface area contributed by atoms with Crippen molar-refractivity contribution >= 4 is 17.5 Å². The van der Waals surface area contributed by atoms with Crippen molar-refractivity contribution in [1.29, 1.82) is 0 Å². The van der Waals surface area contributed by atoms with Crippen molar-refractivity contribution in [2.75, 3.05) is 57.4 Å². The van der Waals surface area contributed by atoms with Crippen LogP contribution in [0, 0.1) is 5.82 Å². The summed E-state index contributed by atoms with van der Waals surface area (Å²) in [5.74, 6) is -0.462. The SMILES string of the molecule is C[C@@]12CCN(C(=O)CN3CCOCC3)C[C@H]1N(c1ccc(F)cc1)C(=O)CO2. The molecule has 0 aromatic heterocycles. The molecule has 3 aliphatic heterocycles. The first kappa shape index (κ1) is 19.3. The number of fused-ring (bicyclic) bond motifs is 1. The molecule has 3 heterocycles. The Morgan fingerprint density at radius 1 is 1.21 bits per heavy atom. The molecule has 8 heteroatoms. The van der Waals surface area contributed by atoms with Crippen molar-refractivity contribution in [2.45, 2.75) is 25.0 Å². The number of anilines is 1. The predicted octanol–water partition coefficient (Wildman–Crippen LogP) is 0.881. The number of nitrogens with zero attached hydrogens (tertiary/aromatic N) is 3. The van der Waals surface area contributed by atoms with Crippen molar-refractivity contribution in [1.82, 2.24) is 9.80 Å². The number of hydrogen-bond acceptors (Lipinski definition) is 5. The molecule has 152 valence electrons. The number of morpholine rings is 2. The fourth-order valence-electron chi connectivity index (χ4n) is 4.21. The average Bonchev–Trinajstić information content (AvgIpc) is 2.70. The van der Waals surface area contributed by atoms with E-state index in [1.165, 1.54) is 12.1 Å². The van der Waals surface area contributed by atoms with E-state index in [9.17, 15) is 14.0 Å². The van der Waals surface area contributed by atoms with Crippen LogP contribution < -0.4 is 4.90 Å². The Bertz CT molecular complexity index is 737. The number of rotatable bonds is 3. The van der Waals surface area contributed by atoms with Gasteiger partial charge in [0, 0.05) is 31.9 Å². The molecule has 0 radical (unpaired) electrons. The van der Waals surface area contributed by atoms with Crippen LogP contribution in [0.3, 0.4) is 0 Å². The second kappa shape index (κ2) is 7.77. The van der Waals surface area contributed by atoms with Gasteiger partial charge in [-0.1, -0.05) is 0 Å². The fourth-order valence-corrected chi connectivity index (χ4v) is 4.21. The number of likely N-dealkylation sites (tertiary alicyclic amines) is 1. The van der Waals surface area contributed by atoms with E-state index < -0.39 is 5.60 Å². The lowest BCUT2D eigenvalue weighted by Gasteiger charge is -2.52. The Kier molecular flexibility index (Phi) is 5.35. The van der Waals surface area contributed by atoms with Crippen molar-refractivity contribution in [3.8, 4) is 0 Å². The Morgan fingerprint density at radius 3 is 2.64 bits per heavy atom. The van der Waals surface area contributed by atoms with Crippen LogP contribution in [-0.4, -0.2) is 85.8 Å². The summed E-state index contributed by atoms with van der Waals surface area (Å²) in [5, 5.41) is 0. The van der Waals surface area contributed by atoms with Crippen LogP contribution in [0.25, 0.3) is 0 Å². The molecular weight excluding hydrogens is 365 g/mol. The number of amides is 2. The Balaban J connectivity index is 1.52. The lowest BCUT2D eigenvalue weighted by molar-refractivity contribution is -0.156. The highest BCUT2D eigenvalue weighted by Gasteiger charge is 2.50. The highest BCUT2D eigenvalue weighted by Crippen LogP contribution is 2.36. The fraction of sp³-hybridized carbons (Fsp3) is 0.600. The van der Waals surface area contributed by atoms with Gasteiger partial charge in [-0.15, -0.1) is 0 Å². The third-order valence-electron chi connectivity index (χ3n) is 6.00. The van der Waals surface area contributed by atoms with Crippen LogP contribution in [0.5, 0.6) is 0 Å².